The lowest BCUT2D eigenvalue weighted by molar-refractivity contribution is -0.137. The van der Waals surface area contributed by atoms with Crippen LogP contribution in [0.3, 0.4) is 0 Å². The Labute approximate surface area is 165 Å². The Hall–Kier alpha value is -2.35. The third kappa shape index (κ3) is 4.06. The van der Waals surface area contributed by atoms with E-state index in [0.29, 0.717) is 17.0 Å². The van der Waals surface area contributed by atoms with Crippen molar-refractivity contribution in [3.05, 3.63) is 57.8 Å². The Bertz CT molecular complexity index is 851. The zero-order valence-electron chi connectivity index (χ0n) is 15.6. The van der Waals surface area contributed by atoms with Crippen molar-refractivity contribution in [2.45, 2.75) is 19.0 Å². The molecular formula is C20H21F3N2O2S. The average molecular weight is 410 g/mol. The van der Waals surface area contributed by atoms with Crippen LogP contribution in [-0.2, 0) is 11.0 Å². The van der Waals surface area contributed by atoms with E-state index in [2.05, 4.69) is 0 Å². The summed E-state index contributed by atoms with van der Waals surface area (Å²) in [6, 6.07) is 8.54. The van der Waals surface area contributed by atoms with Crippen LogP contribution in [0.4, 0.5) is 13.2 Å². The van der Waals surface area contributed by atoms with Gasteiger partial charge in [-0.05, 0) is 30.0 Å². The lowest BCUT2D eigenvalue weighted by atomic mass is 9.87. The third-order valence-corrected chi connectivity index (χ3v) is 6.01. The average Bonchev–Trinajstić information content (AvgIpc) is 3.35. The van der Waals surface area contributed by atoms with Gasteiger partial charge in [0.15, 0.2) is 0 Å². The first kappa shape index (κ1) is 20.4. The van der Waals surface area contributed by atoms with Crippen LogP contribution in [0.5, 0.6) is 0 Å². The van der Waals surface area contributed by atoms with Crippen molar-refractivity contribution in [2.75, 3.05) is 26.7 Å². The van der Waals surface area contributed by atoms with Gasteiger partial charge in [-0.1, -0.05) is 24.3 Å². The van der Waals surface area contributed by atoms with Gasteiger partial charge in [0.1, 0.15) is 0 Å². The van der Waals surface area contributed by atoms with Crippen LogP contribution >= 0.6 is 11.3 Å². The minimum atomic E-state index is -4.46. The number of rotatable bonds is 4. The topological polar surface area (TPSA) is 40.6 Å². The molecule has 2 aromatic rings. The molecule has 2 atom stereocenters. The molecule has 1 aliphatic heterocycles. The molecule has 0 radical (unpaired) electrons. The summed E-state index contributed by atoms with van der Waals surface area (Å²) in [4.78, 5) is 29.3. The minimum absolute atomic E-state index is 0.161. The van der Waals surface area contributed by atoms with E-state index < -0.39 is 23.6 Å². The molecular weight excluding hydrogens is 389 g/mol. The number of benzene rings is 1. The van der Waals surface area contributed by atoms with Crippen molar-refractivity contribution in [3.63, 3.8) is 0 Å². The monoisotopic (exact) mass is 410 g/mol. The fraction of sp³-hybridized carbons (Fsp3) is 0.400. The van der Waals surface area contributed by atoms with E-state index in [1.165, 1.54) is 17.4 Å². The number of likely N-dealkylation sites (tertiary alicyclic amines) is 1. The van der Waals surface area contributed by atoms with Crippen molar-refractivity contribution in [1.82, 2.24) is 9.80 Å². The maximum Gasteiger partial charge on any atom is 0.416 e. The van der Waals surface area contributed by atoms with Crippen molar-refractivity contribution >= 4 is 23.2 Å². The van der Waals surface area contributed by atoms with Gasteiger partial charge in [-0.15, -0.1) is 11.3 Å². The highest BCUT2D eigenvalue weighted by Crippen LogP contribution is 2.37. The third-order valence-electron chi connectivity index (χ3n) is 5.15. The van der Waals surface area contributed by atoms with E-state index in [1.54, 1.807) is 40.4 Å². The smallest absolute Gasteiger partial charge is 0.346 e. The van der Waals surface area contributed by atoms with Gasteiger partial charge < -0.3 is 9.80 Å². The maximum atomic E-state index is 13.1. The number of hydrogen-bond donors (Lipinski definition) is 0. The summed E-state index contributed by atoms with van der Waals surface area (Å²) < 4.78 is 39.4. The number of carbonyl (C=O) groups is 2. The lowest BCUT2D eigenvalue weighted by Gasteiger charge is -2.23. The van der Waals surface area contributed by atoms with E-state index in [4.69, 9.17) is 0 Å². The second-order valence-corrected chi connectivity index (χ2v) is 7.82. The van der Waals surface area contributed by atoms with E-state index in [9.17, 15) is 22.8 Å². The van der Waals surface area contributed by atoms with Crippen molar-refractivity contribution in [2.24, 2.45) is 5.92 Å². The largest absolute Gasteiger partial charge is 0.416 e. The molecule has 4 nitrogen and oxygen atoms in total. The predicted octanol–water partition coefficient (Wildman–Crippen LogP) is 4.10. The fourth-order valence-corrected chi connectivity index (χ4v) is 4.19. The highest BCUT2D eigenvalue weighted by molar-refractivity contribution is 7.12. The molecule has 2 amide bonds. The van der Waals surface area contributed by atoms with Gasteiger partial charge in [-0.25, -0.2) is 0 Å². The number of halogens is 3. The molecule has 8 heteroatoms. The van der Waals surface area contributed by atoms with E-state index in [-0.39, 0.29) is 24.9 Å². The Balaban J connectivity index is 1.94. The molecule has 1 aromatic carbocycles. The summed E-state index contributed by atoms with van der Waals surface area (Å²) in [6.45, 7) is 2.73. The van der Waals surface area contributed by atoms with Gasteiger partial charge >= 0.3 is 6.18 Å². The second-order valence-electron chi connectivity index (χ2n) is 6.88. The van der Waals surface area contributed by atoms with Gasteiger partial charge in [-0.3, -0.25) is 9.59 Å². The van der Waals surface area contributed by atoms with Gasteiger partial charge in [0.05, 0.1) is 16.4 Å². The SMILES string of the molecule is CCN(C)C(=O)[C@@H]1CN(C(=O)c2cccs2)C[C@@H]1c1cccc(C(F)(F)F)c1. The first-order valence-corrected chi connectivity index (χ1v) is 9.85. The molecule has 150 valence electrons. The van der Waals surface area contributed by atoms with Crippen LogP contribution in [0, 0.1) is 5.92 Å². The summed E-state index contributed by atoms with van der Waals surface area (Å²) in [6.07, 6.45) is -4.46. The summed E-state index contributed by atoms with van der Waals surface area (Å²) in [5.41, 5.74) is -0.317. The van der Waals surface area contributed by atoms with Crippen molar-refractivity contribution in [3.8, 4) is 0 Å². The van der Waals surface area contributed by atoms with Crippen LogP contribution in [0.15, 0.2) is 41.8 Å². The molecule has 1 fully saturated rings. The standard InChI is InChI=1S/C20H21F3N2O2S/c1-3-24(2)18(26)16-12-25(19(27)17-8-5-9-28-17)11-15(16)13-6-4-7-14(10-13)20(21,22)23/h4-10,15-16H,3,11-12H2,1-2H3/t15-,16-/m1/s1. The number of alkyl halides is 3. The first-order valence-electron chi connectivity index (χ1n) is 8.97. The Morgan fingerprint density at radius 2 is 1.96 bits per heavy atom. The van der Waals surface area contributed by atoms with Gasteiger partial charge in [0.25, 0.3) is 5.91 Å². The number of hydrogen-bond acceptors (Lipinski definition) is 3. The number of nitrogens with zero attached hydrogens (tertiary/aromatic N) is 2. The Kier molecular flexibility index (Phi) is 5.79. The normalized spacial score (nSPS) is 19.7. The van der Waals surface area contributed by atoms with Crippen LogP contribution in [0.2, 0.25) is 0 Å². The summed E-state index contributed by atoms with van der Waals surface area (Å²) in [5.74, 6) is -1.40. The zero-order chi connectivity index (χ0) is 20.5. The van der Waals surface area contributed by atoms with Gasteiger partial charge in [-0.2, -0.15) is 13.2 Å². The van der Waals surface area contributed by atoms with Crippen LogP contribution < -0.4 is 0 Å². The van der Waals surface area contributed by atoms with Crippen LogP contribution in [0.25, 0.3) is 0 Å². The molecule has 0 saturated carbocycles. The fourth-order valence-electron chi connectivity index (χ4n) is 3.50. The maximum absolute atomic E-state index is 13.1. The molecule has 28 heavy (non-hydrogen) atoms. The molecule has 0 unspecified atom stereocenters. The van der Waals surface area contributed by atoms with Crippen LogP contribution in [-0.4, -0.2) is 48.3 Å². The Morgan fingerprint density at radius 1 is 1.21 bits per heavy atom. The molecule has 0 bridgehead atoms. The second kappa shape index (κ2) is 7.95. The molecule has 2 heterocycles. The minimum Gasteiger partial charge on any atom is -0.346 e. The van der Waals surface area contributed by atoms with E-state index in [0.717, 1.165) is 12.1 Å². The molecule has 3 rings (SSSR count). The Morgan fingerprint density at radius 3 is 2.57 bits per heavy atom. The molecule has 1 saturated heterocycles. The predicted molar refractivity (Wildman–Crippen MR) is 101 cm³/mol. The number of amides is 2. The number of thiophene rings is 1. The first-order chi connectivity index (χ1) is 13.2. The van der Waals surface area contributed by atoms with E-state index in [1.807, 2.05) is 6.92 Å². The molecule has 1 aromatic heterocycles. The molecule has 0 aliphatic carbocycles. The van der Waals surface area contributed by atoms with Crippen LogP contribution in [0.1, 0.15) is 33.6 Å². The zero-order valence-corrected chi connectivity index (χ0v) is 16.4. The molecule has 1 aliphatic rings. The van der Waals surface area contributed by atoms with Crippen molar-refractivity contribution in [1.29, 1.82) is 0 Å². The van der Waals surface area contributed by atoms with Crippen molar-refractivity contribution < 1.29 is 22.8 Å². The summed E-state index contributed by atoms with van der Waals surface area (Å²) in [5, 5.41) is 1.79. The van der Waals surface area contributed by atoms with Gasteiger partial charge in [0.2, 0.25) is 5.91 Å². The van der Waals surface area contributed by atoms with Gasteiger partial charge in [0, 0.05) is 32.6 Å². The highest BCUT2D eigenvalue weighted by atomic mass is 32.1. The highest BCUT2D eigenvalue weighted by Gasteiger charge is 2.42. The molecule has 0 spiro atoms. The molecule has 0 N–H and O–H groups in total. The lowest BCUT2D eigenvalue weighted by Crippen LogP contribution is -2.36. The van der Waals surface area contributed by atoms with E-state index >= 15 is 0 Å². The quantitative estimate of drug-likeness (QED) is 0.762. The summed E-state index contributed by atoms with van der Waals surface area (Å²) >= 11 is 1.31. The number of carbonyl (C=O) groups excluding carboxylic acids is 2. The summed E-state index contributed by atoms with van der Waals surface area (Å²) in [7, 11) is 1.66.